The third-order valence-electron chi connectivity index (χ3n) is 2.82. The highest BCUT2D eigenvalue weighted by atomic mass is 14.9. The Morgan fingerprint density at radius 2 is 1.91 bits per heavy atom. The van der Waals surface area contributed by atoms with Gasteiger partial charge in [-0.1, -0.05) is 20.8 Å². The van der Waals surface area contributed by atoms with Gasteiger partial charge in [-0.3, -0.25) is 0 Å². The summed E-state index contributed by atoms with van der Waals surface area (Å²) >= 11 is 0. The van der Waals surface area contributed by atoms with Crippen LogP contribution in [0.15, 0.2) is 0 Å². The molecule has 0 unspecified atom stereocenters. The van der Waals surface area contributed by atoms with Crippen LogP contribution in [0.3, 0.4) is 0 Å². The third-order valence-corrected chi connectivity index (χ3v) is 2.82. The van der Waals surface area contributed by atoms with E-state index in [4.69, 9.17) is 0 Å². The van der Waals surface area contributed by atoms with E-state index < -0.39 is 0 Å². The van der Waals surface area contributed by atoms with Gasteiger partial charge in [-0.05, 0) is 37.6 Å². The first-order valence-electron chi connectivity index (χ1n) is 4.93. The van der Waals surface area contributed by atoms with E-state index in [9.17, 15) is 0 Å². The van der Waals surface area contributed by atoms with E-state index >= 15 is 0 Å². The topological polar surface area (TPSA) is 12.0 Å². The summed E-state index contributed by atoms with van der Waals surface area (Å²) in [7, 11) is 0. The molecule has 1 saturated heterocycles. The fourth-order valence-electron chi connectivity index (χ4n) is 1.79. The summed E-state index contributed by atoms with van der Waals surface area (Å²) in [5.41, 5.74) is 0. The Bertz CT molecular complexity index is 109. The van der Waals surface area contributed by atoms with Crippen LogP contribution in [-0.4, -0.2) is 12.6 Å². The fourth-order valence-corrected chi connectivity index (χ4v) is 1.79. The number of nitrogens with one attached hydrogen (secondary N) is 1. The van der Waals surface area contributed by atoms with Crippen LogP contribution >= 0.6 is 0 Å². The molecule has 0 aromatic carbocycles. The summed E-state index contributed by atoms with van der Waals surface area (Å²) < 4.78 is 0. The molecular weight excluding hydrogens is 134 g/mol. The largest absolute Gasteiger partial charge is 0.314 e. The van der Waals surface area contributed by atoms with Crippen LogP contribution < -0.4 is 5.32 Å². The summed E-state index contributed by atoms with van der Waals surface area (Å²) in [6, 6.07) is 0.778. The second-order valence-electron chi connectivity index (χ2n) is 4.28. The lowest BCUT2D eigenvalue weighted by atomic mass is 9.96. The molecule has 1 nitrogen and oxygen atoms in total. The van der Waals surface area contributed by atoms with Crippen molar-refractivity contribution >= 4 is 0 Å². The molecule has 1 fully saturated rings. The van der Waals surface area contributed by atoms with E-state index in [0.29, 0.717) is 0 Å². The molecule has 1 N–H and O–H groups in total. The zero-order valence-corrected chi connectivity index (χ0v) is 8.06. The van der Waals surface area contributed by atoms with Gasteiger partial charge in [0.15, 0.2) is 0 Å². The first-order valence-corrected chi connectivity index (χ1v) is 4.93. The Labute approximate surface area is 70.6 Å². The molecule has 1 aliphatic heterocycles. The van der Waals surface area contributed by atoms with E-state index in [0.717, 1.165) is 17.9 Å². The number of rotatable bonds is 1. The zero-order valence-electron chi connectivity index (χ0n) is 8.06. The van der Waals surface area contributed by atoms with Gasteiger partial charge in [0.25, 0.3) is 0 Å². The Morgan fingerprint density at radius 3 is 2.55 bits per heavy atom. The monoisotopic (exact) mass is 155 g/mol. The van der Waals surface area contributed by atoms with E-state index in [2.05, 4.69) is 26.1 Å². The quantitative estimate of drug-likeness (QED) is 0.613. The van der Waals surface area contributed by atoms with Crippen molar-refractivity contribution in [1.82, 2.24) is 5.32 Å². The molecule has 0 radical (unpaired) electrons. The molecule has 66 valence electrons. The minimum absolute atomic E-state index is 0.778. The molecule has 0 aromatic heterocycles. The maximum atomic E-state index is 3.61. The van der Waals surface area contributed by atoms with Gasteiger partial charge in [-0.2, -0.15) is 0 Å². The van der Waals surface area contributed by atoms with Crippen LogP contribution in [0, 0.1) is 11.8 Å². The highest BCUT2D eigenvalue weighted by molar-refractivity contribution is 4.75. The summed E-state index contributed by atoms with van der Waals surface area (Å²) in [6.07, 6.45) is 4.15. The van der Waals surface area contributed by atoms with Crippen LogP contribution in [0.25, 0.3) is 0 Å². The van der Waals surface area contributed by atoms with Gasteiger partial charge in [0.1, 0.15) is 0 Å². The van der Waals surface area contributed by atoms with Gasteiger partial charge in [-0.25, -0.2) is 0 Å². The molecular formula is C10H21N. The smallest absolute Gasteiger partial charge is 0.00901 e. The molecule has 0 saturated carbocycles. The van der Waals surface area contributed by atoms with Crippen LogP contribution in [0.4, 0.5) is 0 Å². The molecule has 1 heterocycles. The number of hydrogen-bond acceptors (Lipinski definition) is 1. The minimum atomic E-state index is 0.778. The van der Waals surface area contributed by atoms with Crippen LogP contribution in [0.2, 0.25) is 0 Å². The van der Waals surface area contributed by atoms with Crippen molar-refractivity contribution in [3.63, 3.8) is 0 Å². The van der Waals surface area contributed by atoms with Gasteiger partial charge in [0, 0.05) is 6.04 Å². The van der Waals surface area contributed by atoms with Crippen molar-refractivity contribution in [2.75, 3.05) is 6.54 Å². The lowest BCUT2D eigenvalue weighted by molar-refractivity contribution is 0.390. The minimum Gasteiger partial charge on any atom is -0.314 e. The van der Waals surface area contributed by atoms with Crippen LogP contribution in [-0.2, 0) is 0 Å². The molecule has 0 bridgehead atoms. The van der Waals surface area contributed by atoms with Crippen molar-refractivity contribution < 1.29 is 0 Å². The second kappa shape index (κ2) is 4.10. The van der Waals surface area contributed by atoms with Crippen molar-refractivity contribution in [2.24, 2.45) is 11.8 Å². The predicted octanol–water partition coefficient (Wildman–Crippen LogP) is 2.42. The van der Waals surface area contributed by atoms with E-state index in [1.165, 1.54) is 25.8 Å². The summed E-state index contributed by atoms with van der Waals surface area (Å²) in [6.45, 7) is 8.22. The molecule has 0 amide bonds. The lowest BCUT2D eigenvalue weighted by Gasteiger charge is -2.19. The molecule has 0 aromatic rings. The summed E-state index contributed by atoms with van der Waals surface area (Å²) in [5.74, 6) is 1.74. The maximum absolute atomic E-state index is 3.61. The van der Waals surface area contributed by atoms with Gasteiger partial charge in [-0.15, -0.1) is 0 Å². The van der Waals surface area contributed by atoms with Gasteiger partial charge in [0.05, 0.1) is 0 Å². The van der Waals surface area contributed by atoms with Gasteiger partial charge < -0.3 is 5.32 Å². The summed E-state index contributed by atoms with van der Waals surface area (Å²) in [4.78, 5) is 0. The van der Waals surface area contributed by atoms with Crippen LogP contribution in [0.5, 0.6) is 0 Å². The number of hydrogen-bond donors (Lipinski definition) is 1. The Balaban J connectivity index is 2.34. The molecule has 1 rings (SSSR count). The molecule has 1 heteroatoms. The summed E-state index contributed by atoms with van der Waals surface area (Å²) in [5, 5.41) is 3.61. The first-order chi connectivity index (χ1) is 5.20. The van der Waals surface area contributed by atoms with Gasteiger partial charge >= 0.3 is 0 Å². The van der Waals surface area contributed by atoms with E-state index in [1.807, 2.05) is 0 Å². The van der Waals surface area contributed by atoms with Crippen molar-refractivity contribution in [1.29, 1.82) is 0 Å². The molecule has 11 heavy (non-hydrogen) atoms. The van der Waals surface area contributed by atoms with E-state index in [-0.39, 0.29) is 0 Å². The molecule has 0 spiro atoms. The standard InChI is InChI=1S/C10H21N/c1-8(2)10-5-4-9(3)6-7-11-10/h8-11H,4-7H2,1-3H3/t9-,10-/m0/s1. The third kappa shape index (κ3) is 2.82. The lowest BCUT2D eigenvalue weighted by Crippen LogP contribution is -2.32. The average Bonchev–Trinajstić information content (AvgIpc) is 2.13. The Hall–Kier alpha value is -0.0400. The second-order valence-corrected chi connectivity index (χ2v) is 4.28. The molecule has 2 atom stereocenters. The zero-order chi connectivity index (χ0) is 8.27. The van der Waals surface area contributed by atoms with Crippen LogP contribution in [0.1, 0.15) is 40.0 Å². The normalized spacial score (nSPS) is 33.8. The average molecular weight is 155 g/mol. The van der Waals surface area contributed by atoms with Crippen molar-refractivity contribution in [3.8, 4) is 0 Å². The molecule has 1 aliphatic rings. The van der Waals surface area contributed by atoms with E-state index in [1.54, 1.807) is 0 Å². The SMILES string of the molecule is CC(C)[C@@H]1CC[C@H](C)CCN1. The molecule has 0 aliphatic carbocycles. The van der Waals surface area contributed by atoms with Crippen molar-refractivity contribution in [3.05, 3.63) is 0 Å². The van der Waals surface area contributed by atoms with Crippen molar-refractivity contribution in [2.45, 2.75) is 46.1 Å². The van der Waals surface area contributed by atoms with Gasteiger partial charge in [0.2, 0.25) is 0 Å². The first kappa shape index (κ1) is 9.05. The Kier molecular flexibility index (Phi) is 3.38. The maximum Gasteiger partial charge on any atom is 0.00901 e. The predicted molar refractivity (Wildman–Crippen MR) is 49.6 cm³/mol. The fraction of sp³-hybridized carbons (Fsp3) is 1.00. The highest BCUT2D eigenvalue weighted by Gasteiger charge is 2.17. The Morgan fingerprint density at radius 1 is 1.18 bits per heavy atom. The highest BCUT2D eigenvalue weighted by Crippen LogP contribution is 2.18.